The minimum atomic E-state index is -1.28. The summed E-state index contributed by atoms with van der Waals surface area (Å²) in [6, 6.07) is 3.44. The number of β-lactam (4-membered cyclic amide) rings is 1. The van der Waals surface area contributed by atoms with Crippen LogP contribution in [0.15, 0.2) is 69.3 Å². The van der Waals surface area contributed by atoms with Crippen LogP contribution in [-0.4, -0.2) is 70.5 Å². The van der Waals surface area contributed by atoms with Gasteiger partial charge in [-0.25, -0.2) is 9.78 Å². The molecule has 6 N–H and O–H groups in total. The predicted molar refractivity (Wildman–Crippen MR) is 143 cm³/mol. The van der Waals surface area contributed by atoms with Crippen LogP contribution in [0.25, 0.3) is 11.1 Å². The molecule has 3 aliphatic heterocycles. The second kappa shape index (κ2) is 10.3. The number of allylic oxidation sites excluding steroid dienone is 2. The van der Waals surface area contributed by atoms with Crippen molar-refractivity contribution < 1.29 is 29.8 Å². The van der Waals surface area contributed by atoms with Crippen LogP contribution in [0.1, 0.15) is 5.69 Å². The van der Waals surface area contributed by atoms with Crippen molar-refractivity contribution in [3.63, 3.8) is 0 Å². The molecule has 1 fully saturated rings. The molecule has 0 aromatic carbocycles. The van der Waals surface area contributed by atoms with Crippen LogP contribution in [0.5, 0.6) is 5.75 Å². The van der Waals surface area contributed by atoms with E-state index in [1.54, 1.807) is 35.2 Å². The lowest BCUT2D eigenvalue weighted by atomic mass is 10.0. The Balaban J connectivity index is 1.30. The summed E-state index contributed by atoms with van der Waals surface area (Å²) in [6.45, 7) is 0.358. The number of nitrogens with one attached hydrogen (secondary N) is 1. The summed E-state index contributed by atoms with van der Waals surface area (Å²) in [6.07, 6.45) is 6.86. The van der Waals surface area contributed by atoms with Gasteiger partial charge in [-0.3, -0.25) is 19.3 Å². The molecule has 0 saturated carbocycles. The number of carboxylic acid groups (broad SMARTS) is 1. The van der Waals surface area contributed by atoms with Crippen molar-refractivity contribution in [1.29, 1.82) is 0 Å². The van der Waals surface area contributed by atoms with Gasteiger partial charge in [-0.05, 0) is 29.3 Å². The minimum Gasteiger partial charge on any atom is -0.504 e. The first-order valence-corrected chi connectivity index (χ1v) is 13.3. The number of carbonyl (C=O) groups is 3. The fraction of sp³-hybridized carbons (Fsp3) is 0.167. The molecule has 4 aliphatic rings. The standard InChI is InChI=1S/C24H20N6O7S2/c25-24-26-14(10-39-24)17(28-37)20(33)27-18-21(34)30-19(23(35)36)12(9-38-22(18)30)2-1-4-29-5-3-11-6-15(31)16(32)7-13(11)8-29/h1-3,5-8,10,18,22,32,37H,4,9H2,(H2,25,26)(H,27,33)(H,35,36)/b2-1+,28-17-. The number of hydrogen-bond donors (Lipinski definition) is 5. The van der Waals surface area contributed by atoms with Gasteiger partial charge < -0.3 is 31.0 Å². The van der Waals surface area contributed by atoms with Crippen LogP contribution in [0, 0.1) is 0 Å². The van der Waals surface area contributed by atoms with E-state index in [0.717, 1.165) is 16.2 Å². The molecule has 0 bridgehead atoms. The first kappa shape index (κ1) is 26.0. The number of carboxylic acids is 1. The summed E-state index contributed by atoms with van der Waals surface area (Å²) in [4.78, 5) is 54.3. The van der Waals surface area contributed by atoms with Crippen LogP contribution in [0.4, 0.5) is 5.13 Å². The Bertz CT molecular complexity index is 1620. The van der Waals surface area contributed by atoms with Crippen molar-refractivity contribution in [2.45, 2.75) is 18.0 Å². The Morgan fingerprint density at radius 1 is 1.28 bits per heavy atom. The average molecular weight is 569 g/mol. The summed E-state index contributed by atoms with van der Waals surface area (Å²) in [5.74, 6) is -2.82. The summed E-state index contributed by atoms with van der Waals surface area (Å²) < 4.78 is 1.79. The van der Waals surface area contributed by atoms with Gasteiger partial charge in [0.2, 0.25) is 5.43 Å². The zero-order chi connectivity index (χ0) is 27.8. The van der Waals surface area contributed by atoms with Gasteiger partial charge in [-0.1, -0.05) is 17.3 Å². The van der Waals surface area contributed by atoms with Gasteiger partial charge in [-0.2, -0.15) is 0 Å². The fourth-order valence-corrected chi connectivity index (χ4v) is 6.14. The molecule has 2 amide bonds. The minimum absolute atomic E-state index is 0.0483. The number of carbonyl (C=O) groups excluding carboxylic acids is 2. The number of nitrogens with zero attached hydrogens (tertiary/aromatic N) is 4. The molecule has 2 atom stereocenters. The van der Waals surface area contributed by atoms with E-state index in [1.807, 2.05) is 0 Å². The van der Waals surface area contributed by atoms with Crippen LogP contribution >= 0.6 is 23.1 Å². The number of anilines is 1. The lowest BCUT2D eigenvalue weighted by molar-refractivity contribution is -0.150. The third kappa shape index (κ3) is 4.84. The van der Waals surface area contributed by atoms with Gasteiger partial charge in [0, 0.05) is 35.6 Å². The number of thiazole rings is 1. The largest absolute Gasteiger partial charge is 0.504 e. The van der Waals surface area contributed by atoms with Gasteiger partial charge in [0.15, 0.2) is 16.6 Å². The van der Waals surface area contributed by atoms with E-state index in [2.05, 4.69) is 15.5 Å². The molecule has 1 saturated heterocycles. The Hall–Kier alpha value is -4.63. The molecule has 4 heterocycles. The second-order valence-electron chi connectivity index (χ2n) is 8.55. The molecule has 0 radical (unpaired) electrons. The number of nitrogens with two attached hydrogens (primary N) is 1. The number of phenols is 1. The van der Waals surface area contributed by atoms with Gasteiger partial charge in [0.25, 0.3) is 11.8 Å². The zero-order valence-electron chi connectivity index (χ0n) is 19.8. The number of aromatic nitrogens is 2. The highest BCUT2D eigenvalue weighted by atomic mass is 32.2. The number of benzene rings is 1. The lowest BCUT2D eigenvalue weighted by Gasteiger charge is -2.49. The van der Waals surface area contributed by atoms with Crippen LogP contribution in [-0.2, 0) is 20.9 Å². The number of amides is 2. The summed E-state index contributed by atoms with van der Waals surface area (Å²) >= 11 is 2.33. The second-order valence-corrected chi connectivity index (χ2v) is 10.5. The van der Waals surface area contributed by atoms with E-state index in [9.17, 15) is 34.6 Å². The van der Waals surface area contributed by atoms with Gasteiger partial charge >= 0.3 is 5.97 Å². The SMILES string of the molecule is Nc1nc(/C(=N/O)C(=O)NC2C(=O)N3C(C(=O)O)=C(/C=C/Cn4ccc5cc(=O)c(O)cc-5c4)CSC23)cs1. The summed E-state index contributed by atoms with van der Waals surface area (Å²) in [5.41, 5.74) is 6.32. The number of aromatic hydroxyl groups is 1. The first-order chi connectivity index (χ1) is 18.7. The number of rotatable bonds is 7. The van der Waals surface area contributed by atoms with E-state index in [1.165, 1.54) is 29.3 Å². The number of fused-ring (bicyclic) bond motifs is 2. The third-order valence-corrected chi connectivity index (χ3v) is 8.09. The molecule has 1 aromatic rings. The lowest BCUT2D eigenvalue weighted by Crippen LogP contribution is -2.71. The Labute approximate surface area is 227 Å². The Morgan fingerprint density at radius 2 is 2.08 bits per heavy atom. The van der Waals surface area contributed by atoms with Crippen molar-refractivity contribution in [1.82, 2.24) is 19.8 Å². The number of nitrogen functional groups attached to an aromatic ring is 1. The van der Waals surface area contributed by atoms with Crippen molar-refractivity contribution in [3.8, 4) is 16.9 Å². The van der Waals surface area contributed by atoms with Gasteiger partial charge in [-0.15, -0.1) is 23.1 Å². The molecule has 0 spiro atoms. The number of aliphatic carboxylic acids is 1. The maximum absolute atomic E-state index is 12.9. The van der Waals surface area contributed by atoms with Gasteiger partial charge in [0.05, 0.1) is 0 Å². The predicted octanol–water partition coefficient (Wildman–Crippen LogP) is 0.871. The molecule has 5 rings (SSSR count). The number of oxime groups is 1. The molecule has 200 valence electrons. The zero-order valence-corrected chi connectivity index (χ0v) is 21.5. The highest BCUT2D eigenvalue weighted by Gasteiger charge is 2.54. The number of phenolic OH excluding ortho intramolecular Hbond substituents is 1. The first-order valence-electron chi connectivity index (χ1n) is 11.3. The van der Waals surface area contributed by atoms with Crippen LogP contribution in [0.3, 0.4) is 0 Å². The van der Waals surface area contributed by atoms with E-state index >= 15 is 0 Å². The van der Waals surface area contributed by atoms with Crippen molar-refractivity contribution in [2.24, 2.45) is 5.16 Å². The van der Waals surface area contributed by atoms with Crippen molar-refractivity contribution in [2.75, 3.05) is 11.5 Å². The molecule has 15 heteroatoms. The number of hydrogen-bond acceptors (Lipinski definition) is 11. The molecular formula is C24H20N6O7S2. The highest BCUT2D eigenvalue weighted by molar-refractivity contribution is 8.00. The Kier molecular flexibility index (Phi) is 6.84. The topological polar surface area (TPSA) is 200 Å². The summed E-state index contributed by atoms with van der Waals surface area (Å²) in [7, 11) is 0. The van der Waals surface area contributed by atoms with E-state index in [0.29, 0.717) is 23.2 Å². The molecular weight excluding hydrogens is 548 g/mol. The normalized spacial score (nSPS) is 19.3. The van der Waals surface area contributed by atoms with Gasteiger partial charge in [0.1, 0.15) is 22.8 Å². The molecule has 1 aliphatic carbocycles. The quantitative estimate of drug-likeness (QED) is 0.118. The number of thioether (sulfide) groups is 1. The number of pyridine rings is 1. The average Bonchev–Trinajstić information content (AvgIpc) is 3.33. The molecule has 2 unspecified atom stereocenters. The smallest absolute Gasteiger partial charge is 0.352 e. The van der Waals surface area contributed by atoms with E-state index in [4.69, 9.17) is 5.73 Å². The monoisotopic (exact) mass is 568 g/mol. The van der Waals surface area contributed by atoms with Crippen molar-refractivity contribution in [3.05, 3.63) is 75.3 Å². The van der Waals surface area contributed by atoms with Crippen LogP contribution < -0.4 is 16.5 Å². The molecule has 39 heavy (non-hydrogen) atoms. The molecule has 13 nitrogen and oxygen atoms in total. The maximum atomic E-state index is 12.9. The summed E-state index contributed by atoms with van der Waals surface area (Å²) in [5, 5.41) is 35.3. The van der Waals surface area contributed by atoms with Crippen molar-refractivity contribution >= 4 is 51.7 Å². The van der Waals surface area contributed by atoms with E-state index in [-0.39, 0.29) is 28.0 Å². The fourth-order valence-electron chi connectivity index (χ4n) is 4.27. The molecule has 1 aromatic heterocycles. The third-order valence-electron chi connectivity index (χ3n) is 6.12. The maximum Gasteiger partial charge on any atom is 0.352 e. The van der Waals surface area contributed by atoms with Crippen LogP contribution in [0.2, 0.25) is 0 Å². The van der Waals surface area contributed by atoms with E-state index < -0.39 is 40.3 Å². The highest BCUT2D eigenvalue weighted by Crippen LogP contribution is 2.40. The Morgan fingerprint density at radius 3 is 2.77 bits per heavy atom.